The summed E-state index contributed by atoms with van der Waals surface area (Å²) in [6.07, 6.45) is 1.39. The molecule has 2 amide bonds. The third-order valence-corrected chi connectivity index (χ3v) is 4.47. The third kappa shape index (κ3) is 6.84. The van der Waals surface area contributed by atoms with Crippen molar-refractivity contribution in [3.05, 3.63) is 35.9 Å². The molecule has 6 nitrogen and oxygen atoms in total. The summed E-state index contributed by atoms with van der Waals surface area (Å²) in [5, 5.41) is 5.86. The van der Waals surface area contributed by atoms with Gasteiger partial charge in [-0.1, -0.05) is 18.2 Å². The molecule has 25 heavy (non-hydrogen) atoms. The third-order valence-electron chi connectivity index (χ3n) is 4.47. The molecule has 2 rings (SSSR count). The van der Waals surface area contributed by atoms with Gasteiger partial charge >= 0.3 is 0 Å². The van der Waals surface area contributed by atoms with E-state index in [1.54, 1.807) is 19.2 Å². The normalized spacial score (nSPS) is 18.7. The van der Waals surface area contributed by atoms with Gasteiger partial charge in [-0.3, -0.25) is 9.59 Å². The highest BCUT2D eigenvalue weighted by Gasteiger charge is 2.22. The van der Waals surface area contributed by atoms with Crippen molar-refractivity contribution in [1.82, 2.24) is 15.5 Å². The lowest BCUT2D eigenvalue weighted by Gasteiger charge is -2.17. The van der Waals surface area contributed by atoms with Gasteiger partial charge in [0.25, 0.3) is 5.91 Å². The Morgan fingerprint density at radius 1 is 1.32 bits per heavy atom. The maximum atomic E-state index is 12.1. The van der Waals surface area contributed by atoms with E-state index in [1.165, 1.54) is 0 Å². The van der Waals surface area contributed by atoms with Crippen LogP contribution in [0.2, 0.25) is 0 Å². The average molecular weight is 347 g/mol. The van der Waals surface area contributed by atoms with E-state index in [9.17, 15) is 9.59 Å². The first-order valence-corrected chi connectivity index (χ1v) is 8.92. The van der Waals surface area contributed by atoms with Gasteiger partial charge in [-0.15, -0.1) is 0 Å². The van der Waals surface area contributed by atoms with Crippen molar-refractivity contribution in [3.63, 3.8) is 0 Å². The number of nitrogens with zero attached hydrogens (tertiary/aromatic N) is 1. The molecule has 0 unspecified atom stereocenters. The number of methoxy groups -OCH3 is 1. The summed E-state index contributed by atoms with van der Waals surface area (Å²) in [4.78, 5) is 26.5. The van der Waals surface area contributed by atoms with E-state index in [0.717, 1.165) is 32.7 Å². The molecule has 0 radical (unpaired) electrons. The lowest BCUT2D eigenvalue weighted by Crippen LogP contribution is -2.38. The zero-order valence-corrected chi connectivity index (χ0v) is 15.2. The van der Waals surface area contributed by atoms with Crippen molar-refractivity contribution in [3.8, 4) is 0 Å². The van der Waals surface area contributed by atoms with Gasteiger partial charge in [0.1, 0.15) is 0 Å². The Labute approximate surface area is 149 Å². The summed E-state index contributed by atoms with van der Waals surface area (Å²) >= 11 is 0. The first-order valence-electron chi connectivity index (χ1n) is 8.92. The van der Waals surface area contributed by atoms with E-state index in [1.807, 2.05) is 25.1 Å². The largest absolute Gasteiger partial charge is 0.383 e. The minimum atomic E-state index is -0.200. The Kier molecular flexibility index (Phi) is 7.88. The van der Waals surface area contributed by atoms with Crippen molar-refractivity contribution in [2.24, 2.45) is 5.92 Å². The molecule has 1 saturated heterocycles. The standard InChI is InChI=1S/C19H29N3O3/c1-15(21-19(24)17-6-4-3-5-7-17)12-18(23)20-13-16-8-9-22(14-16)10-11-25-2/h3-7,15-16H,8-14H2,1-2H3,(H,20,23)(H,21,24)/t15-,16+/m0/s1. The maximum absolute atomic E-state index is 12.1. The second-order valence-electron chi connectivity index (χ2n) is 6.70. The Hall–Kier alpha value is -1.92. The first-order chi connectivity index (χ1) is 12.1. The maximum Gasteiger partial charge on any atom is 0.251 e. The average Bonchev–Trinajstić information content (AvgIpc) is 3.06. The van der Waals surface area contributed by atoms with E-state index >= 15 is 0 Å². The lowest BCUT2D eigenvalue weighted by atomic mass is 10.1. The van der Waals surface area contributed by atoms with E-state index in [-0.39, 0.29) is 17.9 Å². The van der Waals surface area contributed by atoms with Crippen molar-refractivity contribution >= 4 is 11.8 Å². The fourth-order valence-corrected chi connectivity index (χ4v) is 3.06. The van der Waals surface area contributed by atoms with Crippen LogP contribution in [0.3, 0.4) is 0 Å². The van der Waals surface area contributed by atoms with Gasteiger partial charge in [0.05, 0.1) is 6.61 Å². The minimum absolute atomic E-state index is 0.0174. The zero-order chi connectivity index (χ0) is 18.1. The number of hydrogen-bond donors (Lipinski definition) is 2. The Balaban J connectivity index is 1.64. The highest BCUT2D eigenvalue weighted by Crippen LogP contribution is 2.14. The molecule has 2 atom stereocenters. The van der Waals surface area contributed by atoms with Crippen LogP contribution in [-0.4, -0.2) is 62.7 Å². The Morgan fingerprint density at radius 3 is 2.80 bits per heavy atom. The molecule has 1 aliphatic rings. The van der Waals surface area contributed by atoms with Crippen LogP contribution in [0.5, 0.6) is 0 Å². The van der Waals surface area contributed by atoms with Crippen LogP contribution in [0.4, 0.5) is 0 Å². The van der Waals surface area contributed by atoms with Gasteiger partial charge < -0.3 is 20.3 Å². The highest BCUT2D eigenvalue weighted by atomic mass is 16.5. The van der Waals surface area contributed by atoms with Gasteiger partial charge in [-0.05, 0) is 37.9 Å². The van der Waals surface area contributed by atoms with Crippen molar-refractivity contribution in [2.45, 2.75) is 25.8 Å². The number of ether oxygens (including phenoxy) is 1. The molecular weight excluding hydrogens is 318 g/mol. The van der Waals surface area contributed by atoms with E-state index in [4.69, 9.17) is 4.74 Å². The number of amides is 2. The molecule has 0 bridgehead atoms. The van der Waals surface area contributed by atoms with E-state index in [0.29, 0.717) is 24.4 Å². The highest BCUT2D eigenvalue weighted by molar-refractivity contribution is 5.94. The van der Waals surface area contributed by atoms with Crippen LogP contribution >= 0.6 is 0 Å². The molecule has 0 saturated carbocycles. The molecule has 6 heteroatoms. The van der Waals surface area contributed by atoms with Gasteiger partial charge in [0.2, 0.25) is 5.91 Å². The smallest absolute Gasteiger partial charge is 0.251 e. The van der Waals surface area contributed by atoms with E-state index < -0.39 is 0 Å². The Bertz CT molecular complexity index is 550. The fourth-order valence-electron chi connectivity index (χ4n) is 3.06. The van der Waals surface area contributed by atoms with Gasteiger partial charge in [0, 0.05) is 44.8 Å². The topological polar surface area (TPSA) is 70.7 Å². The summed E-state index contributed by atoms with van der Waals surface area (Å²) in [5.41, 5.74) is 0.608. The van der Waals surface area contributed by atoms with Gasteiger partial charge in [0.15, 0.2) is 0 Å². The number of carbonyl (C=O) groups excluding carboxylic acids is 2. The summed E-state index contributed by atoms with van der Waals surface area (Å²) < 4.78 is 5.10. The zero-order valence-electron chi connectivity index (χ0n) is 15.2. The minimum Gasteiger partial charge on any atom is -0.383 e. The molecule has 2 N–H and O–H groups in total. The lowest BCUT2D eigenvalue weighted by molar-refractivity contribution is -0.121. The quantitative estimate of drug-likeness (QED) is 0.706. The number of rotatable bonds is 9. The van der Waals surface area contributed by atoms with Crippen molar-refractivity contribution < 1.29 is 14.3 Å². The van der Waals surface area contributed by atoms with Crippen LogP contribution in [0.25, 0.3) is 0 Å². The molecule has 1 aliphatic heterocycles. The number of carbonyl (C=O) groups is 2. The van der Waals surface area contributed by atoms with Crippen LogP contribution in [0, 0.1) is 5.92 Å². The van der Waals surface area contributed by atoms with E-state index in [2.05, 4.69) is 15.5 Å². The van der Waals surface area contributed by atoms with Crippen LogP contribution in [-0.2, 0) is 9.53 Å². The molecule has 1 aromatic rings. The molecule has 1 fully saturated rings. The van der Waals surface area contributed by atoms with Gasteiger partial charge in [-0.2, -0.15) is 0 Å². The van der Waals surface area contributed by atoms with Crippen LogP contribution in [0.1, 0.15) is 30.1 Å². The molecular formula is C19H29N3O3. The molecule has 1 aromatic carbocycles. The summed E-state index contributed by atoms with van der Waals surface area (Å²) in [6, 6.07) is 8.84. The van der Waals surface area contributed by atoms with Crippen LogP contribution in [0.15, 0.2) is 30.3 Å². The van der Waals surface area contributed by atoms with Crippen molar-refractivity contribution in [1.29, 1.82) is 0 Å². The SMILES string of the molecule is COCCN1CC[C@H](CNC(=O)C[C@H](C)NC(=O)c2ccccc2)C1. The second kappa shape index (κ2) is 10.2. The molecule has 1 heterocycles. The molecule has 0 aromatic heterocycles. The molecule has 0 spiro atoms. The van der Waals surface area contributed by atoms with Gasteiger partial charge in [-0.25, -0.2) is 0 Å². The van der Waals surface area contributed by atoms with Crippen molar-refractivity contribution in [2.75, 3.05) is 39.9 Å². The predicted molar refractivity (Wildman–Crippen MR) is 97.4 cm³/mol. The number of nitrogens with one attached hydrogen (secondary N) is 2. The molecule has 138 valence electrons. The second-order valence-corrected chi connectivity index (χ2v) is 6.70. The predicted octanol–water partition coefficient (Wildman–Crippen LogP) is 1.28. The number of hydrogen-bond acceptors (Lipinski definition) is 4. The Morgan fingerprint density at radius 2 is 2.08 bits per heavy atom. The first kappa shape index (κ1) is 19.4. The number of benzene rings is 1. The summed E-state index contributed by atoms with van der Waals surface area (Å²) in [7, 11) is 1.71. The number of likely N-dealkylation sites (tertiary alicyclic amines) is 1. The summed E-state index contributed by atoms with van der Waals surface area (Å²) in [5.74, 6) is 0.330. The fraction of sp³-hybridized carbons (Fsp3) is 0.579. The monoisotopic (exact) mass is 347 g/mol. The molecule has 0 aliphatic carbocycles. The van der Waals surface area contributed by atoms with Crippen LogP contribution < -0.4 is 10.6 Å². The summed E-state index contributed by atoms with van der Waals surface area (Å²) in [6.45, 7) is 6.31.